The van der Waals surface area contributed by atoms with E-state index in [1.165, 1.54) is 18.6 Å². The summed E-state index contributed by atoms with van der Waals surface area (Å²) in [6.45, 7) is 4.00. The highest BCUT2D eigenvalue weighted by atomic mass is 19.1. The molecule has 1 heterocycles. The zero-order chi connectivity index (χ0) is 13.7. The fourth-order valence-electron chi connectivity index (χ4n) is 2.39. The Bertz CT molecular complexity index is 430. The molecular weight excluding hydrogens is 243 g/mol. The number of hydrogen-bond acceptors (Lipinski definition) is 2. The Kier molecular flexibility index (Phi) is 4.91. The highest BCUT2D eigenvalue weighted by Gasteiger charge is 2.17. The van der Waals surface area contributed by atoms with E-state index in [2.05, 4.69) is 5.32 Å². The molecule has 0 radical (unpaired) electrons. The van der Waals surface area contributed by atoms with Gasteiger partial charge in [0.25, 0.3) is 0 Å². The molecule has 4 heteroatoms. The van der Waals surface area contributed by atoms with Gasteiger partial charge >= 0.3 is 0 Å². The summed E-state index contributed by atoms with van der Waals surface area (Å²) in [5.74, 6) is -0.100. The van der Waals surface area contributed by atoms with Crippen LogP contribution in [0.3, 0.4) is 0 Å². The summed E-state index contributed by atoms with van der Waals surface area (Å²) >= 11 is 0. The Hall–Kier alpha value is -1.42. The van der Waals surface area contributed by atoms with Crippen LogP contribution in [0.5, 0.6) is 0 Å². The summed E-state index contributed by atoms with van der Waals surface area (Å²) < 4.78 is 13.1. The molecule has 1 amide bonds. The van der Waals surface area contributed by atoms with Gasteiger partial charge in [0.05, 0.1) is 6.54 Å². The van der Waals surface area contributed by atoms with Crippen LogP contribution in [0.1, 0.15) is 37.8 Å². The van der Waals surface area contributed by atoms with Gasteiger partial charge in [0, 0.05) is 19.1 Å². The van der Waals surface area contributed by atoms with E-state index in [4.69, 9.17) is 0 Å². The van der Waals surface area contributed by atoms with Gasteiger partial charge in [-0.15, -0.1) is 0 Å². The standard InChI is InChI=1S/C15H21FN2O/c1-12(13-6-5-7-14(16)10-13)17-11-15(19)18-8-3-2-4-9-18/h5-7,10,12,17H,2-4,8-9,11H2,1H3/t12-/m1/s1. The van der Waals surface area contributed by atoms with Crippen molar-refractivity contribution in [1.29, 1.82) is 0 Å². The van der Waals surface area contributed by atoms with Crippen molar-refractivity contribution in [1.82, 2.24) is 10.2 Å². The molecule has 19 heavy (non-hydrogen) atoms. The van der Waals surface area contributed by atoms with Gasteiger partial charge in [-0.2, -0.15) is 0 Å². The summed E-state index contributed by atoms with van der Waals surface area (Å²) in [6.07, 6.45) is 3.42. The number of nitrogens with zero attached hydrogens (tertiary/aromatic N) is 1. The van der Waals surface area contributed by atoms with E-state index in [0.29, 0.717) is 6.54 Å². The topological polar surface area (TPSA) is 32.3 Å². The van der Waals surface area contributed by atoms with E-state index in [1.54, 1.807) is 6.07 Å². The Morgan fingerprint density at radius 2 is 2.11 bits per heavy atom. The van der Waals surface area contributed by atoms with E-state index in [9.17, 15) is 9.18 Å². The molecule has 0 unspecified atom stereocenters. The molecule has 3 nitrogen and oxygen atoms in total. The summed E-state index contributed by atoms with van der Waals surface area (Å²) in [5.41, 5.74) is 0.867. The van der Waals surface area contributed by atoms with E-state index < -0.39 is 0 Å². The lowest BCUT2D eigenvalue weighted by atomic mass is 10.1. The van der Waals surface area contributed by atoms with Crippen LogP contribution < -0.4 is 5.32 Å². The molecule has 0 aromatic heterocycles. The Morgan fingerprint density at radius 3 is 2.79 bits per heavy atom. The van der Waals surface area contributed by atoms with Crippen molar-refractivity contribution in [2.24, 2.45) is 0 Å². The van der Waals surface area contributed by atoms with E-state index >= 15 is 0 Å². The van der Waals surface area contributed by atoms with Gasteiger partial charge in [0.1, 0.15) is 5.82 Å². The number of likely N-dealkylation sites (tertiary alicyclic amines) is 1. The molecule has 1 saturated heterocycles. The maximum absolute atomic E-state index is 13.1. The number of rotatable bonds is 4. The molecule has 2 rings (SSSR count). The predicted octanol–water partition coefficient (Wildman–Crippen LogP) is 2.49. The monoisotopic (exact) mass is 264 g/mol. The number of carbonyl (C=O) groups is 1. The Labute approximate surface area is 113 Å². The van der Waals surface area contributed by atoms with Crippen molar-refractivity contribution in [3.8, 4) is 0 Å². The number of benzene rings is 1. The quantitative estimate of drug-likeness (QED) is 0.906. The molecule has 0 spiro atoms. The molecule has 1 atom stereocenters. The lowest BCUT2D eigenvalue weighted by Crippen LogP contribution is -2.41. The number of amides is 1. The van der Waals surface area contributed by atoms with Gasteiger partial charge in [0.2, 0.25) is 5.91 Å². The van der Waals surface area contributed by atoms with Crippen molar-refractivity contribution in [2.75, 3.05) is 19.6 Å². The minimum absolute atomic E-state index is 0.0237. The van der Waals surface area contributed by atoms with Gasteiger partial charge in [-0.05, 0) is 43.9 Å². The average Bonchev–Trinajstić information content (AvgIpc) is 2.45. The largest absolute Gasteiger partial charge is 0.342 e. The first-order valence-corrected chi connectivity index (χ1v) is 6.93. The van der Waals surface area contributed by atoms with Crippen LogP contribution >= 0.6 is 0 Å². The average molecular weight is 264 g/mol. The normalized spacial score (nSPS) is 17.3. The second-order valence-corrected chi connectivity index (χ2v) is 5.10. The van der Waals surface area contributed by atoms with Crippen LogP contribution in [0, 0.1) is 5.82 Å². The van der Waals surface area contributed by atoms with Crippen molar-refractivity contribution < 1.29 is 9.18 Å². The third-order valence-electron chi connectivity index (χ3n) is 3.62. The molecule has 0 aliphatic carbocycles. The van der Waals surface area contributed by atoms with Crippen molar-refractivity contribution in [2.45, 2.75) is 32.2 Å². The zero-order valence-corrected chi connectivity index (χ0v) is 11.4. The first-order chi connectivity index (χ1) is 9.16. The van der Waals surface area contributed by atoms with Crippen LogP contribution in [0.4, 0.5) is 4.39 Å². The molecule has 1 aliphatic heterocycles. The van der Waals surface area contributed by atoms with Gasteiger partial charge in [-0.25, -0.2) is 4.39 Å². The van der Waals surface area contributed by atoms with Crippen LogP contribution in [0.2, 0.25) is 0 Å². The first kappa shape index (κ1) is 14.0. The van der Waals surface area contributed by atoms with E-state index in [0.717, 1.165) is 31.5 Å². The third-order valence-corrected chi connectivity index (χ3v) is 3.62. The van der Waals surface area contributed by atoms with Gasteiger partial charge in [0.15, 0.2) is 0 Å². The number of carbonyl (C=O) groups excluding carboxylic acids is 1. The minimum atomic E-state index is -0.242. The molecule has 1 fully saturated rings. The predicted molar refractivity (Wildman–Crippen MR) is 73.2 cm³/mol. The molecule has 1 N–H and O–H groups in total. The summed E-state index contributed by atoms with van der Waals surface area (Å²) in [6, 6.07) is 6.46. The minimum Gasteiger partial charge on any atom is -0.342 e. The summed E-state index contributed by atoms with van der Waals surface area (Å²) in [7, 11) is 0. The van der Waals surface area contributed by atoms with Crippen LogP contribution in [-0.2, 0) is 4.79 Å². The number of hydrogen-bond donors (Lipinski definition) is 1. The van der Waals surface area contributed by atoms with E-state index in [1.807, 2.05) is 17.9 Å². The molecular formula is C15H21FN2O. The van der Waals surface area contributed by atoms with Gasteiger partial charge < -0.3 is 10.2 Å². The Balaban J connectivity index is 1.82. The summed E-state index contributed by atoms with van der Waals surface area (Å²) in [4.78, 5) is 13.9. The molecule has 104 valence electrons. The third kappa shape index (κ3) is 4.03. The lowest BCUT2D eigenvalue weighted by Gasteiger charge is -2.27. The molecule has 0 bridgehead atoms. The molecule has 1 aromatic carbocycles. The fourth-order valence-corrected chi connectivity index (χ4v) is 2.39. The second kappa shape index (κ2) is 6.66. The van der Waals surface area contributed by atoms with Crippen molar-refractivity contribution in [3.63, 3.8) is 0 Å². The van der Waals surface area contributed by atoms with Gasteiger partial charge in [-0.3, -0.25) is 4.79 Å². The van der Waals surface area contributed by atoms with E-state index in [-0.39, 0.29) is 17.8 Å². The highest BCUT2D eigenvalue weighted by Crippen LogP contribution is 2.13. The van der Waals surface area contributed by atoms with Crippen molar-refractivity contribution >= 4 is 5.91 Å². The highest BCUT2D eigenvalue weighted by molar-refractivity contribution is 5.78. The molecule has 1 aromatic rings. The molecule has 0 saturated carbocycles. The first-order valence-electron chi connectivity index (χ1n) is 6.93. The number of piperidine rings is 1. The second-order valence-electron chi connectivity index (χ2n) is 5.10. The van der Waals surface area contributed by atoms with Crippen LogP contribution in [0.25, 0.3) is 0 Å². The van der Waals surface area contributed by atoms with Crippen molar-refractivity contribution in [3.05, 3.63) is 35.6 Å². The van der Waals surface area contributed by atoms with Gasteiger partial charge in [-0.1, -0.05) is 12.1 Å². The number of halogens is 1. The zero-order valence-electron chi connectivity index (χ0n) is 11.4. The molecule has 1 aliphatic rings. The summed E-state index contributed by atoms with van der Waals surface area (Å²) in [5, 5.41) is 3.17. The maximum Gasteiger partial charge on any atom is 0.236 e. The smallest absolute Gasteiger partial charge is 0.236 e. The Morgan fingerprint density at radius 1 is 1.37 bits per heavy atom. The SMILES string of the molecule is C[C@@H](NCC(=O)N1CCCCC1)c1cccc(F)c1. The van der Waals surface area contributed by atoms with Crippen LogP contribution in [-0.4, -0.2) is 30.4 Å². The fraction of sp³-hybridized carbons (Fsp3) is 0.533. The van der Waals surface area contributed by atoms with Crippen LogP contribution in [0.15, 0.2) is 24.3 Å². The lowest BCUT2D eigenvalue weighted by molar-refractivity contribution is -0.131. The number of nitrogens with one attached hydrogen (secondary N) is 1. The maximum atomic E-state index is 13.1.